The summed E-state index contributed by atoms with van der Waals surface area (Å²) in [5.74, 6) is -0.424. The van der Waals surface area contributed by atoms with Crippen LogP contribution >= 0.6 is 0 Å². The molecule has 3 heterocycles. The number of β-amino-alcohol motifs (C(OH)–C–C–N with tert-alkyl or cyclic N) is 1. The van der Waals surface area contributed by atoms with Gasteiger partial charge in [-0.3, -0.25) is 9.69 Å². The minimum absolute atomic E-state index is 0.0255. The van der Waals surface area contributed by atoms with Gasteiger partial charge in [0.15, 0.2) is 0 Å². The van der Waals surface area contributed by atoms with Gasteiger partial charge in [-0.1, -0.05) is 0 Å². The molecule has 0 aliphatic carbocycles. The monoisotopic (exact) mass is 301 g/mol. The Morgan fingerprint density at radius 1 is 1.27 bits per heavy atom. The third-order valence-electron chi connectivity index (χ3n) is 4.79. The fourth-order valence-electron chi connectivity index (χ4n) is 3.41. The Kier molecular flexibility index (Phi) is 3.18. The molecule has 2 atom stereocenters. The summed E-state index contributed by atoms with van der Waals surface area (Å²) in [5.41, 5.74) is 6.84. The molecule has 3 N–H and O–H groups in total. The minimum Gasteiger partial charge on any atom is -0.390 e. The molecule has 1 aromatic heterocycles. The lowest BCUT2D eigenvalue weighted by molar-refractivity contribution is -0.0600. The molecule has 116 valence electrons. The van der Waals surface area contributed by atoms with Crippen molar-refractivity contribution < 1.29 is 14.6 Å². The van der Waals surface area contributed by atoms with Gasteiger partial charge in [0, 0.05) is 35.8 Å². The molecule has 2 fully saturated rings. The zero-order valence-corrected chi connectivity index (χ0v) is 12.2. The number of likely N-dealkylation sites (tertiary alicyclic amines) is 1. The number of nitrogens with zero attached hydrogens (tertiary/aromatic N) is 2. The summed E-state index contributed by atoms with van der Waals surface area (Å²) in [6.07, 6.45) is 1.58. The fraction of sp³-hybridized carbons (Fsp3) is 0.438. The SMILES string of the molecule is NC(=O)c1ccc2c(ccn2[C@@H]2CN(C3COC3)C[C@H]2O)c1. The summed E-state index contributed by atoms with van der Waals surface area (Å²) in [5, 5.41) is 11.4. The molecule has 0 unspecified atom stereocenters. The van der Waals surface area contributed by atoms with Crippen molar-refractivity contribution >= 4 is 16.8 Å². The highest BCUT2D eigenvalue weighted by atomic mass is 16.5. The predicted molar refractivity (Wildman–Crippen MR) is 81.7 cm³/mol. The van der Waals surface area contributed by atoms with Gasteiger partial charge in [-0.2, -0.15) is 0 Å². The van der Waals surface area contributed by atoms with Gasteiger partial charge in [0.05, 0.1) is 31.4 Å². The molecule has 2 aliphatic rings. The molecular formula is C16H19N3O3. The fourth-order valence-corrected chi connectivity index (χ4v) is 3.41. The number of aromatic nitrogens is 1. The summed E-state index contributed by atoms with van der Waals surface area (Å²) in [6.45, 7) is 3.01. The smallest absolute Gasteiger partial charge is 0.248 e. The van der Waals surface area contributed by atoms with Gasteiger partial charge in [-0.05, 0) is 24.3 Å². The number of fused-ring (bicyclic) bond motifs is 1. The second-order valence-corrected chi connectivity index (χ2v) is 6.14. The van der Waals surface area contributed by atoms with Crippen LogP contribution in [0.3, 0.4) is 0 Å². The Labute approximate surface area is 128 Å². The van der Waals surface area contributed by atoms with Gasteiger partial charge in [-0.15, -0.1) is 0 Å². The lowest BCUT2D eigenvalue weighted by Gasteiger charge is -2.34. The first kappa shape index (κ1) is 13.8. The number of hydrogen-bond acceptors (Lipinski definition) is 4. The summed E-state index contributed by atoms with van der Waals surface area (Å²) < 4.78 is 7.34. The molecule has 6 heteroatoms. The zero-order valence-electron chi connectivity index (χ0n) is 12.2. The van der Waals surface area contributed by atoms with Crippen LogP contribution < -0.4 is 5.73 Å². The zero-order chi connectivity index (χ0) is 15.3. The summed E-state index contributed by atoms with van der Waals surface area (Å²) in [7, 11) is 0. The van der Waals surface area contributed by atoms with E-state index in [1.165, 1.54) is 0 Å². The first-order valence-corrected chi connectivity index (χ1v) is 7.54. The number of ether oxygens (including phenoxy) is 1. The average molecular weight is 301 g/mol. The summed E-state index contributed by atoms with van der Waals surface area (Å²) >= 11 is 0. The Morgan fingerprint density at radius 3 is 2.77 bits per heavy atom. The quantitative estimate of drug-likeness (QED) is 0.857. The summed E-state index contributed by atoms with van der Waals surface area (Å²) in [4.78, 5) is 13.6. The van der Waals surface area contributed by atoms with Crippen molar-refractivity contribution in [2.24, 2.45) is 5.73 Å². The van der Waals surface area contributed by atoms with E-state index in [2.05, 4.69) is 9.47 Å². The van der Waals surface area contributed by atoms with Crippen molar-refractivity contribution in [1.29, 1.82) is 0 Å². The second-order valence-electron chi connectivity index (χ2n) is 6.14. The Bertz CT molecular complexity index is 722. The van der Waals surface area contributed by atoms with Crippen LogP contribution in [0.5, 0.6) is 0 Å². The highest BCUT2D eigenvalue weighted by Crippen LogP contribution is 2.30. The van der Waals surface area contributed by atoms with E-state index in [9.17, 15) is 9.90 Å². The van der Waals surface area contributed by atoms with Gasteiger partial charge in [0.1, 0.15) is 0 Å². The van der Waals surface area contributed by atoms with Crippen molar-refractivity contribution in [3.63, 3.8) is 0 Å². The Hall–Kier alpha value is -1.89. The molecule has 22 heavy (non-hydrogen) atoms. The van der Waals surface area contributed by atoms with E-state index in [0.29, 0.717) is 18.2 Å². The lowest BCUT2D eigenvalue weighted by Crippen LogP contribution is -2.48. The molecule has 2 aromatic rings. The maximum Gasteiger partial charge on any atom is 0.248 e. The molecule has 0 spiro atoms. The van der Waals surface area contributed by atoms with Crippen LogP contribution in [0.1, 0.15) is 16.4 Å². The minimum atomic E-state index is -0.424. The normalized spacial score (nSPS) is 26.4. The van der Waals surface area contributed by atoms with Crippen molar-refractivity contribution in [1.82, 2.24) is 9.47 Å². The van der Waals surface area contributed by atoms with Crippen molar-refractivity contribution in [2.75, 3.05) is 26.3 Å². The standard InChI is InChI=1S/C16H19N3O3/c17-16(21)11-1-2-13-10(5-11)3-4-19(13)14-6-18(7-15(14)20)12-8-22-9-12/h1-5,12,14-15,20H,6-9H2,(H2,17,21)/t14-,15-/m1/s1. The van der Waals surface area contributed by atoms with Crippen LogP contribution in [0.2, 0.25) is 0 Å². The van der Waals surface area contributed by atoms with Crippen LogP contribution in [0.15, 0.2) is 30.5 Å². The molecule has 6 nitrogen and oxygen atoms in total. The number of amides is 1. The number of hydrogen-bond donors (Lipinski definition) is 2. The van der Waals surface area contributed by atoms with E-state index in [-0.39, 0.29) is 6.04 Å². The van der Waals surface area contributed by atoms with Gasteiger partial charge >= 0.3 is 0 Å². The molecule has 0 saturated carbocycles. The van der Waals surface area contributed by atoms with Crippen molar-refractivity contribution in [3.05, 3.63) is 36.0 Å². The van der Waals surface area contributed by atoms with Crippen molar-refractivity contribution in [3.8, 4) is 0 Å². The van der Waals surface area contributed by atoms with Gasteiger partial charge in [0.25, 0.3) is 0 Å². The first-order chi connectivity index (χ1) is 10.6. The van der Waals surface area contributed by atoms with Gasteiger partial charge < -0.3 is 20.1 Å². The van der Waals surface area contributed by atoms with E-state index in [1.54, 1.807) is 12.1 Å². The second kappa shape index (κ2) is 5.08. The van der Waals surface area contributed by atoms with Crippen LogP contribution in [0, 0.1) is 0 Å². The van der Waals surface area contributed by atoms with Gasteiger partial charge in [0.2, 0.25) is 5.91 Å². The van der Waals surface area contributed by atoms with E-state index in [1.807, 2.05) is 18.3 Å². The van der Waals surface area contributed by atoms with Gasteiger partial charge in [-0.25, -0.2) is 0 Å². The maximum absolute atomic E-state index is 11.3. The van der Waals surface area contributed by atoms with Crippen LogP contribution in [0.4, 0.5) is 0 Å². The lowest BCUT2D eigenvalue weighted by atomic mass is 10.1. The number of aliphatic hydroxyl groups excluding tert-OH is 1. The first-order valence-electron chi connectivity index (χ1n) is 7.54. The van der Waals surface area contributed by atoms with Crippen LogP contribution in [-0.4, -0.2) is 58.9 Å². The van der Waals surface area contributed by atoms with Crippen LogP contribution in [-0.2, 0) is 4.74 Å². The maximum atomic E-state index is 11.3. The van der Waals surface area contributed by atoms with E-state index < -0.39 is 12.0 Å². The highest BCUT2D eigenvalue weighted by Gasteiger charge is 2.38. The number of rotatable bonds is 3. The molecule has 0 radical (unpaired) electrons. The number of carbonyl (C=O) groups excluding carboxylic acids is 1. The Balaban J connectivity index is 1.64. The number of nitrogens with two attached hydrogens (primary N) is 1. The number of aliphatic hydroxyl groups is 1. The molecule has 2 saturated heterocycles. The predicted octanol–water partition coefficient (Wildman–Crippen LogP) is 0.357. The Morgan fingerprint density at radius 2 is 2.09 bits per heavy atom. The van der Waals surface area contributed by atoms with E-state index in [0.717, 1.165) is 30.7 Å². The summed E-state index contributed by atoms with van der Waals surface area (Å²) in [6, 6.07) is 7.86. The third-order valence-corrected chi connectivity index (χ3v) is 4.79. The molecule has 0 bridgehead atoms. The molecular weight excluding hydrogens is 282 g/mol. The molecule has 1 aromatic carbocycles. The number of carbonyl (C=O) groups is 1. The molecule has 4 rings (SSSR count). The topological polar surface area (TPSA) is 80.7 Å². The number of primary amides is 1. The number of benzene rings is 1. The largest absolute Gasteiger partial charge is 0.390 e. The van der Waals surface area contributed by atoms with Crippen molar-refractivity contribution in [2.45, 2.75) is 18.2 Å². The van der Waals surface area contributed by atoms with E-state index in [4.69, 9.17) is 10.5 Å². The molecule has 2 aliphatic heterocycles. The van der Waals surface area contributed by atoms with E-state index >= 15 is 0 Å². The molecule has 1 amide bonds. The average Bonchev–Trinajstić information content (AvgIpc) is 2.99. The highest BCUT2D eigenvalue weighted by molar-refractivity contribution is 5.97. The third kappa shape index (κ3) is 2.11. The van der Waals surface area contributed by atoms with Crippen LogP contribution in [0.25, 0.3) is 10.9 Å².